The molecule has 5 nitrogen and oxygen atoms in total. The number of anilines is 1. The number of hydrogen-bond acceptors (Lipinski definition) is 4. The van der Waals surface area contributed by atoms with Crippen LogP contribution in [0.15, 0.2) is 72.8 Å². The molecule has 3 N–H and O–H groups in total. The van der Waals surface area contributed by atoms with Gasteiger partial charge >= 0.3 is 5.97 Å². The first-order valence-electron chi connectivity index (χ1n) is 9.42. The Hall–Kier alpha value is -3.60. The van der Waals surface area contributed by atoms with Gasteiger partial charge in [0, 0.05) is 18.5 Å². The lowest BCUT2D eigenvalue weighted by atomic mass is 10.0. The number of carboxylic acids is 1. The van der Waals surface area contributed by atoms with Crippen molar-refractivity contribution in [1.29, 1.82) is 5.41 Å². The SMILES string of the molecule is COc1cc(CCC(=O)O)ccc1NCc1cccc(C(=N)c2ccccc2)c1. The number of rotatable bonds is 9. The third-order valence-electron chi connectivity index (χ3n) is 4.65. The average molecular weight is 388 g/mol. The van der Waals surface area contributed by atoms with E-state index in [1.807, 2.05) is 72.8 Å². The van der Waals surface area contributed by atoms with Gasteiger partial charge in [-0.05, 0) is 41.3 Å². The molecule has 0 amide bonds. The van der Waals surface area contributed by atoms with E-state index in [1.165, 1.54) is 0 Å². The lowest BCUT2D eigenvalue weighted by Gasteiger charge is -2.13. The quantitative estimate of drug-likeness (QED) is 0.462. The molecule has 148 valence electrons. The largest absolute Gasteiger partial charge is 0.495 e. The van der Waals surface area contributed by atoms with Gasteiger partial charge in [0.1, 0.15) is 5.75 Å². The van der Waals surface area contributed by atoms with E-state index in [9.17, 15) is 4.79 Å². The van der Waals surface area contributed by atoms with E-state index in [0.29, 0.717) is 24.4 Å². The summed E-state index contributed by atoms with van der Waals surface area (Å²) in [7, 11) is 1.60. The van der Waals surface area contributed by atoms with Crippen molar-refractivity contribution >= 4 is 17.4 Å². The van der Waals surface area contributed by atoms with Gasteiger partial charge in [0.05, 0.1) is 18.5 Å². The number of benzene rings is 3. The molecule has 3 aromatic carbocycles. The van der Waals surface area contributed by atoms with Crippen LogP contribution in [-0.4, -0.2) is 23.9 Å². The summed E-state index contributed by atoms with van der Waals surface area (Å²) in [5, 5.41) is 20.6. The molecule has 3 rings (SSSR count). The van der Waals surface area contributed by atoms with Crippen LogP contribution < -0.4 is 10.1 Å². The minimum atomic E-state index is -0.813. The van der Waals surface area contributed by atoms with Crippen LogP contribution >= 0.6 is 0 Å². The van der Waals surface area contributed by atoms with Crippen LogP contribution in [0.3, 0.4) is 0 Å². The van der Waals surface area contributed by atoms with Crippen molar-refractivity contribution in [3.8, 4) is 5.75 Å². The van der Waals surface area contributed by atoms with Gasteiger partial charge in [-0.2, -0.15) is 0 Å². The highest BCUT2D eigenvalue weighted by Crippen LogP contribution is 2.27. The van der Waals surface area contributed by atoms with E-state index < -0.39 is 5.97 Å². The maximum absolute atomic E-state index is 10.8. The Morgan fingerprint density at radius 3 is 2.45 bits per heavy atom. The fraction of sp³-hybridized carbons (Fsp3) is 0.167. The molecular formula is C24H24N2O3. The molecule has 0 spiro atoms. The molecule has 0 heterocycles. The number of aryl methyl sites for hydroxylation is 1. The molecule has 5 heteroatoms. The molecule has 29 heavy (non-hydrogen) atoms. The summed E-state index contributed by atoms with van der Waals surface area (Å²) in [5.41, 5.74) is 5.07. The predicted octanol–water partition coefficient (Wildman–Crippen LogP) is 4.74. The predicted molar refractivity (Wildman–Crippen MR) is 115 cm³/mol. The van der Waals surface area contributed by atoms with Crippen molar-refractivity contribution in [1.82, 2.24) is 0 Å². The van der Waals surface area contributed by atoms with E-state index in [4.69, 9.17) is 15.3 Å². The molecule has 0 saturated carbocycles. The van der Waals surface area contributed by atoms with Gasteiger partial charge in [-0.1, -0.05) is 54.6 Å². The van der Waals surface area contributed by atoms with E-state index >= 15 is 0 Å². The second-order valence-corrected chi connectivity index (χ2v) is 6.72. The van der Waals surface area contributed by atoms with Crippen LogP contribution in [0.1, 0.15) is 28.7 Å². The van der Waals surface area contributed by atoms with E-state index in [1.54, 1.807) is 7.11 Å². The van der Waals surface area contributed by atoms with Gasteiger partial charge in [-0.3, -0.25) is 10.2 Å². The first-order valence-corrected chi connectivity index (χ1v) is 9.42. The Morgan fingerprint density at radius 2 is 1.72 bits per heavy atom. The van der Waals surface area contributed by atoms with Crippen LogP contribution in [-0.2, 0) is 17.8 Å². The maximum Gasteiger partial charge on any atom is 0.303 e. The van der Waals surface area contributed by atoms with Gasteiger partial charge in [0.25, 0.3) is 0 Å². The zero-order valence-corrected chi connectivity index (χ0v) is 16.3. The van der Waals surface area contributed by atoms with E-state index in [-0.39, 0.29) is 6.42 Å². The molecule has 0 saturated heterocycles. The second kappa shape index (κ2) is 9.55. The monoisotopic (exact) mass is 388 g/mol. The highest BCUT2D eigenvalue weighted by atomic mass is 16.5. The van der Waals surface area contributed by atoms with Crippen LogP contribution in [0, 0.1) is 5.41 Å². The van der Waals surface area contributed by atoms with Crippen molar-refractivity contribution in [2.45, 2.75) is 19.4 Å². The molecule has 0 aromatic heterocycles. The zero-order valence-electron chi connectivity index (χ0n) is 16.3. The Labute approximate surface area is 170 Å². The molecule has 0 unspecified atom stereocenters. The summed E-state index contributed by atoms with van der Waals surface area (Å²) >= 11 is 0. The van der Waals surface area contributed by atoms with Crippen LogP contribution in [0.2, 0.25) is 0 Å². The summed E-state index contributed by atoms with van der Waals surface area (Å²) in [6, 6.07) is 23.3. The fourth-order valence-corrected chi connectivity index (χ4v) is 3.09. The third kappa shape index (κ3) is 5.45. The first kappa shape index (κ1) is 20.1. The van der Waals surface area contributed by atoms with Crippen molar-refractivity contribution in [2.75, 3.05) is 12.4 Å². The summed E-state index contributed by atoms with van der Waals surface area (Å²) in [4.78, 5) is 10.8. The Balaban J connectivity index is 1.70. The Morgan fingerprint density at radius 1 is 0.966 bits per heavy atom. The van der Waals surface area contributed by atoms with Crippen LogP contribution in [0.25, 0.3) is 0 Å². The highest BCUT2D eigenvalue weighted by Gasteiger charge is 2.08. The number of nitrogens with one attached hydrogen (secondary N) is 2. The fourth-order valence-electron chi connectivity index (χ4n) is 3.09. The Bertz CT molecular complexity index is 1000. The molecule has 0 aliphatic carbocycles. The summed E-state index contributed by atoms with van der Waals surface area (Å²) < 4.78 is 5.46. The lowest BCUT2D eigenvalue weighted by molar-refractivity contribution is -0.136. The van der Waals surface area contributed by atoms with E-state index in [0.717, 1.165) is 27.9 Å². The van der Waals surface area contributed by atoms with Gasteiger partial charge in [0.2, 0.25) is 0 Å². The number of carboxylic acid groups (broad SMARTS) is 1. The van der Waals surface area contributed by atoms with Gasteiger partial charge < -0.3 is 15.2 Å². The van der Waals surface area contributed by atoms with Crippen LogP contribution in [0.5, 0.6) is 5.75 Å². The maximum atomic E-state index is 10.8. The summed E-state index contributed by atoms with van der Waals surface area (Å²) in [6.07, 6.45) is 0.561. The normalized spacial score (nSPS) is 10.4. The topological polar surface area (TPSA) is 82.4 Å². The molecular weight excluding hydrogens is 364 g/mol. The number of ether oxygens (including phenoxy) is 1. The second-order valence-electron chi connectivity index (χ2n) is 6.72. The van der Waals surface area contributed by atoms with Crippen molar-refractivity contribution < 1.29 is 14.6 Å². The minimum absolute atomic E-state index is 0.0933. The number of aliphatic carboxylic acids is 1. The summed E-state index contributed by atoms with van der Waals surface area (Å²) in [5.74, 6) is -0.131. The van der Waals surface area contributed by atoms with Gasteiger partial charge in [-0.25, -0.2) is 0 Å². The van der Waals surface area contributed by atoms with Gasteiger partial charge in [-0.15, -0.1) is 0 Å². The third-order valence-corrected chi connectivity index (χ3v) is 4.65. The summed E-state index contributed by atoms with van der Waals surface area (Å²) in [6.45, 7) is 0.584. The molecule has 0 bridgehead atoms. The molecule has 0 aliphatic heterocycles. The molecule has 0 atom stereocenters. The standard InChI is InChI=1S/C24H24N2O3/c1-29-22-15-17(11-13-23(27)28)10-12-21(22)26-16-18-6-5-9-20(14-18)24(25)19-7-3-2-4-8-19/h2-10,12,14-15,25-26H,11,13,16H2,1H3,(H,27,28). The van der Waals surface area contributed by atoms with Gasteiger partial charge in [0.15, 0.2) is 0 Å². The minimum Gasteiger partial charge on any atom is -0.495 e. The molecule has 0 aliphatic rings. The Kier molecular flexibility index (Phi) is 6.63. The van der Waals surface area contributed by atoms with Crippen molar-refractivity contribution in [3.63, 3.8) is 0 Å². The molecule has 0 fully saturated rings. The van der Waals surface area contributed by atoms with Crippen molar-refractivity contribution in [3.05, 3.63) is 95.1 Å². The number of methoxy groups -OCH3 is 1. The number of hydrogen-bond donors (Lipinski definition) is 3. The van der Waals surface area contributed by atoms with Crippen LogP contribution in [0.4, 0.5) is 5.69 Å². The average Bonchev–Trinajstić information content (AvgIpc) is 2.76. The first-order chi connectivity index (χ1) is 14.1. The van der Waals surface area contributed by atoms with Crippen molar-refractivity contribution in [2.24, 2.45) is 0 Å². The van der Waals surface area contributed by atoms with E-state index in [2.05, 4.69) is 5.32 Å². The zero-order chi connectivity index (χ0) is 20.6. The highest BCUT2D eigenvalue weighted by molar-refractivity contribution is 6.10. The number of carbonyl (C=O) groups is 1. The lowest BCUT2D eigenvalue weighted by Crippen LogP contribution is -2.05. The smallest absolute Gasteiger partial charge is 0.303 e. The molecule has 3 aromatic rings. The molecule has 0 radical (unpaired) electrons.